The summed E-state index contributed by atoms with van der Waals surface area (Å²) in [6, 6.07) is 9.53. The molecule has 2 heterocycles. The van der Waals surface area contributed by atoms with E-state index in [4.69, 9.17) is 37.8 Å². The van der Waals surface area contributed by atoms with Gasteiger partial charge in [-0.2, -0.15) is 0 Å². The number of esters is 1. The van der Waals surface area contributed by atoms with Gasteiger partial charge in [0.1, 0.15) is 15.6 Å². The molecule has 0 atom stereocenters. The number of cyclic esters (lactones) is 1. The number of ether oxygens (including phenoxy) is 2. The van der Waals surface area contributed by atoms with Crippen molar-refractivity contribution >= 4 is 68.5 Å². The Kier molecular flexibility index (Phi) is 5.04. The molecule has 0 fully saturated rings. The highest BCUT2D eigenvalue weighted by Gasteiger charge is 2.28. The van der Waals surface area contributed by atoms with Gasteiger partial charge in [-0.3, -0.25) is 0 Å². The number of halogens is 2. The van der Waals surface area contributed by atoms with Gasteiger partial charge in [-0.15, -0.1) is 11.3 Å². The van der Waals surface area contributed by atoms with Crippen LogP contribution in [0.25, 0.3) is 16.2 Å². The van der Waals surface area contributed by atoms with E-state index in [0.717, 1.165) is 0 Å². The summed E-state index contributed by atoms with van der Waals surface area (Å²) in [7, 11) is 1.52. The van der Waals surface area contributed by atoms with Gasteiger partial charge in [-0.05, 0) is 35.9 Å². The zero-order valence-electron chi connectivity index (χ0n) is 14.7. The molecule has 1 N–H and O–H groups in total. The van der Waals surface area contributed by atoms with Crippen molar-refractivity contribution in [3.63, 3.8) is 0 Å². The van der Waals surface area contributed by atoms with Crippen molar-refractivity contribution in [1.82, 2.24) is 0 Å². The molecular weight excluding hydrogens is 437 g/mol. The number of aromatic carboxylic acids is 1. The molecule has 6 nitrogen and oxygen atoms in total. The predicted molar refractivity (Wildman–Crippen MR) is 112 cm³/mol. The van der Waals surface area contributed by atoms with Crippen molar-refractivity contribution in [2.75, 3.05) is 7.11 Å². The van der Waals surface area contributed by atoms with E-state index >= 15 is 0 Å². The number of thiophene rings is 1. The lowest BCUT2D eigenvalue weighted by molar-refractivity contribution is -0.129. The van der Waals surface area contributed by atoms with Crippen molar-refractivity contribution in [2.24, 2.45) is 4.99 Å². The van der Waals surface area contributed by atoms with Crippen LogP contribution in [0.15, 0.2) is 47.1 Å². The summed E-state index contributed by atoms with van der Waals surface area (Å²) in [5.74, 6) is -1.05. The summed E-state index contributed by atoms with van der Waals surface area (Å²) in [5.41, 5.74) is 0.845. The van der Waals surface area contributed by atoms with E-state index in [2.05, 4.69) is 4.99 Å². The fourth-order valence-electron chi connectivity index (χ4n) is 2.76. The topological polar surface area (TPSA) is 85.2 Å². The first-order chi connectivity index (χ1) is 13.9. The summed E-state index contributed by atoms with van der Waals surface area (Å²) in [6.45, 7) is 0. The number of nitrogens with zero attached hydrogens (tertiary/aromatic N) is 1. The molecule has 29 heavy (non-hydrogen) atoms. The fourth-order valence-corrected chi connectivity index (χ4v) is 4.58. The summed E-state index contributed by atoms with van der Waals surface area (Å²) in [5, 5.41) is 10.5. The van der Waals surface area contributed by atoms with Crippen LogP contribution < -0.4 is 4.74 Å². The smallest absolute Gasteiger partial charge is 0.363 e. The summed E-state index contributed by atoms with van der Waals surface area (Å²) >= 11 is 14.1. The van der Waals surface area contributed by atoms with Crippen molar-refractivity contribution in [3.8, 4) is 5.75 Å². The molecule has 0 saturated heterocycles. The highest BCUT2D eigenvalue weighted by Crippen LogP contribution is 2.44. The van der Waals surface area contributed by atoms with Gasteiger partial charge in [-0.25, -0.2) is 14.6 Å². The fraction of sp³-hybridized carbons (Fsp3) is 0.0500. The number of aliphatic imine (C=N–C) groups is 1. The van der Waals surface area contributed by atoms with E-state index in [0.29, 0.717) is 36.3 Å². The van der Waals surface area contributed by atoms with Gasteiger partial charge < -0.3 is 14.6 Å². The molecule has 0 amide bonds. The first kappa shape index (κ1) is 19.4. The molecule has 9 heteroatoms. The molecule has 1 aliphatic rings. The number of carbonyl (C=O) groups is 2. The highest BCUT2D eigenvalue weighted by atomic mass is 35.5. The molecule has 0 radical (unpaired) electrons. The molecular formula is C20H11Cl2NO5S. The minimum atomic E-state index is -1.03. The van der Waals surface area contributed by atoms with Gasteiger partial charge in [-0.1, -0.05) is 35.3 Å². The average molecular weight is 448 g/mol. The summed E-state index contributed by atoms with van der Waals surface area (Å²) in [6.07, 6.45) is 1.51. The number of rotatable bonds is 4. The first-order valence-electron chi connectivity index (χ1n) is 8.20. The molecule has 3 aromatic rings. The molecule has 0 unspecified atom stereocenters. The van der Waals surface area contributed by atoms with Gasteiger partial charge in [0.25, 0.3) is 0 Å². The van der Waals surface area contributed by atoms with Crippen LogP contribution in [0.4, 0.5) is 0 Å². The van der Waals surface area contributed by atoms with Crippen LogP contribution >= 0.6 is 34.5 Å². The second-order valence-electron chi connectivity index (χ2n) is 5.97. The van der Waals surface area contributed by atoms with E-state index in [9.17, 15) is 9.59 Å². The van der Waals surface area contributed by atoms with Crippen LogP contribution in [-0.4, -0.2) is 30.1 Å². The Morgan fingerprint density at radius 3 is 2.55 bits per heavy atom. The van der Waals surface area contributed by atoms with Crippen molar-refractivity contribution in [2.45, 2.75) is 0 Å². The lowest BCUT2D eigenvalue weighted by Crippen LogP contribution is -2.04. The summed E-state index contributed by atoms with van der Waals surface area (Å²) < 4.78 is 11.2. The average Bonchev–Trinajstić information content (AvgIpc) is 3.23. The van der Waals surface area contributed by atoms with Gasteiger partial charge in [0.15, 0.2) is 5.70 Å². The maximum Gasteiger partial charge on any atom is 0.363 e. The molecule has 2 aromatic carbocycles. The Balaban J connectivity index is 1.73. The molecule has 0 bridgehead atoms. The zero-order chi connectivity index (χ0) is 20.7. The van der Waals surface area contributed by atoms with E-state index < -0.39 is 11.9 Å². The summed E-state index contributed by atoms with van der Waals surface area (Å²) in [4.78, 5) is 27.9. The second-order valence-corrected chi connectivity index (χ2v) is 7.74. The minimum absolute atomic E-state index is 0.0836. The Hall–Kier alpha value is -2.87. The van der Waals surface area contributed by atoms with E-state index in [1.54, 1.807) is 24.3 Å². The van der Waals surface area contributed by atoms with Crippen molar-refractivity contribution in [3.05, 3.63) is 68.1 Å². The zero-order valence-corrected chi connectivity index (χ0v) is 17.1. The maximum absolute atomic E-state index is 12.2. The third-order valence-electron chi connectivity index (χ3n) is 4.20. The SMILES string of the molecule is COc1ccc2c(Cl)c(C3=N/C(=C\c4ccc(C(=O)O)cc4)C(=O)O3)sc2c1Cl. The Morgan fingerprint density at radius 1 is 1.17 bits per heavy atom. The van der Waals surface area contributed by atoms with E-state index in [1.165, 1.54) is 36.7 Å². The number of hydrogen-bond donors (Lipinski definition) is 1. The van der Waals surface area contributed by atoms with Crippen LogP contribution in [0, 0.1) is 0 Å². The van der Waals surface area contributed by atoms with Crippen LogP contribution in [-0.2, 0) is 9.53 Å². The molecule has 0 spiro atoms. The highest BCUT2D eigenvalue weighted by molar-refractivity contribution is 7.22. The Labute approximate surface area is 178 Å². The third kappa shape index (κ3) is 3.48. The molecule has 1 aromatic heterocycles. The number of benzene rings is 2. The number of carboxylic acids is 1. The number of fused-ring (bicyclic) bond motifs is 1. The van der Waals surface area contributed by atoms with Crippen molar-refractivity contribution < 1.29 is 24.2 Å². The third-order valence-corrected chi connectivity index (χ3v) is 6.40. The van der Waals surface area contributed by atoms with Gasteiger partial charge in [0, 0.05) is 5.39 Å². The number of carboxylic acid groups (broad SMARTS) is 1. The molecule has 0 saturated carbocycles. The molecule has 1 aliphatic heterocycles. The lowest BCUT2D eigenvalue weighted by atomic mass is 10.1. The number of methoxy groups -OCH3 is 1. The predicted octanol–water partition coefficient (Wildman–Crippen LogP) is 5.26. The van der Waals surface area contributed by atoms with E-state index in [1.807, 2.05) is 0 Å². The lowest BCUT2D eigenvalue weighted by Gasteiger charge is -2.02. The van der Waals surface area contributed by atoms with Gasteiger partial charge in [0.2, 0.25) is 5.90 Å². The first-order valence-corrected chi connectivity index (χ1v) is 9.77. The number of carbonyl (C=O) groups excluding carboxylic acids is 1. The monoisotopic (exact) mass is 447 g/mol. The van der Waals surface area contributed by atoms with Gasteiger partial charge >= 0.3 is 11.9 Å². The van der Waals surface area contributed by atoms with Crippen LogP contribution in [0.1, 0.15) is 20.8 Å². The standard InChI is InChI=1S/C20H11Cl2NO5S/c1-27-13-7-6-11-14(21)17(29-16(11)15(13)22)18-23-12(20(26)28-18)8-9-2-4-10(5-3-9)19(24)25/h2-8H,1H3,(H,24,25)/b12-8-. The maximum atomic E-state index is 12.2. The molecule has 4 rings (SSSR count). The molecule has 0 aliphatic carbocycles. The normalized spacial score (nSPS) is 14.9. The van der Waals surface area contributed by atoms with Crippen LogP contribution in [0.2, 0.25) is 10.0 Å². The van der Waals surface area contributed by atoms with Crippen LogP contribution in [0.5, 0.6) is 5.75 Å². The van der Waals surface area contributed by atoms with Gasteiger partial charge in [0.05, 0.1) is 22.4 Å². The Bertz CT molecular complexity index is 1230. The quantitative estimate of drug-likeness (QED) is 0.435. The van der Waals surface area contributed by atoms with Crippen molar-refractivity contribution in [1.29, 1.82) is 0 Å². The van der Waals surface area contributed by atoms with Crippen LogP contribution in [0.3, 0.4) is 0 Å². The largest absolute Gasteiger partial charge is 0.495 e. The molecule has 146 valence electrons. The van der Waals surface area contributed by atoms with E-state index in [-0.39, 0.29) is 17.2 Å². The minimum Gasteiger partial charge on any atom is -0.495 e. The second kappa shape index (κ2) is 7.51. The number of hydrogen-bond acceptors (Lipinski definition) is 6. The Morgan fingerprint density at radius 2 is 1.90 bits per heavy atom.